The number of hydrogen-bond acceptors (Lipinski definition) is 3. The molecule has 1 aromatic heterocycles. The number of carbonyl (C=O) groups excluding carboxylic acids is 1. The lowest BCUT2D eigenvalue weighted by atomic mass is 10.0. The molecule has 0 spiro atoms. The predicted octanol–water partition coefficient (Wildman–Crippen LogP) is 6.26. The van der Waals surface area contributed by atoms with Crippen molar-refractivity contribution in [3.05, 3.63) is 63.8 Å². The van der Waals surface area contributed by atoms with E-state index < -0.39 is 0 Å². The van der Waals surface area contributed by atoms with Crippen LogP contribution >= 0.6 is 15.9 Å². The summed E-state index contributed by atoms with van der Waals surface area (Å²) in [7, 11) is 1.58. The number of Topliss-reactive ketones (excluding diaryl/α,β-unsaturated/α-hetero) is 1. The molecule has 4 nitrogen and oxygen atoms in total. The second-order valence-electron chi connectivity index (χ2n) is 7.14. The molecule has 0 saturated heterocycles. The summed E-state index contributed by atoms with van der Waals surface area (Å²) in [5, 5.41) is 1.09. The van der Waals surface area contributed by atoms with Gasteiger partial charge in [0.15, 0.2) is 17.3 Å². The molecule has 0 atom stereocenters. The van der Waals surface area contributed by atoms with Crippen LogP contribution in [0.1, 0.15) is 36.7 Å². The third kappa shape index (κ3) is 4.30. The number of H-pyrrole nitrogens is 1. The molecule has 1 N–H and O–H groups in total. The monoisotopic (exact) mass is 441 g/mol. The molecule has 1 heterocycles. The molecule has 0 aliphatic heterocycles. The Labute approximate surface area is 173 Å². The quantitative estimate of drug-likeness (QED) is 0.347. The number of benzene rings is 2. The molecule has 2 aromatic carbocycles. The summed E-state index contributed by atoms with van der Waals surface area (Å²) in [4.78, 5) is 16.2. The highest BCUT2D eigenvalue weighted by Gasteiger charge is 2.17. The van der Waals surface area contributed by atoms with Crippen molar-refractivity contribution in [3.8, 4) is 11.5 Å². The summed E-state index contributed by atoms with van der Waals surface area (Å²) >= 11 is 3.52. The molecule has 0 radical (unpaired) electrons. The van der Waals surface area contributed by atoms with Crippen molar-refractivity contribution in [1.29, 1.82) is 0 Å². The second kappa shape index (κ2) is 8.65. The number of fused-ring (bicyclic) bond motifs is 1. The number of para-hydroxylation sites is 1. The Bertz CT molecular complexity index is 1030. The highest BCUT2D eigenvalue weighted by atomic mass is 79.9. The van der Waals surface area contributed by atoms with Crippen LogP contribution in [0.25, 0.3) is 17.0 Å². The fourth-order valence-corrected chi connectivity index (χ4v) is 3.54. The molecule has 0 saturated carbocycles. The zero-order chi connectivity index (χ0) is 20.3. The van der Waals surface area contributed by atoms with Crippen LogP contribution in [0.4, 0.5) is 0 Å². The van der Waals surface area contributed by atoms with Crippen molar-refractivity contribution in [2.75, 3.05) is 13.7 Å². The summed E-state index contributed by atoms with van der Waals surface area (Å²) in [6.45, 7) is 6.56. The number of nitrogens with one attached hydrogen (secondary N) is 1. The first kappa shape index (κ1) is 20.2. The number of ketones is 1. The van der Waals surface area contributed by atoms with Gasteiger partial charge in [-0.05, 0) is 58.6 Å². The van der Waals surface area contributed by atoms with E-state index in [1.807, 2.05) is 43.5 Å². The molecule has 3 rings (SSSR count). The topological polar surface area (TPSA) is 51.3 Å². The van der Waals surface area contributed by atoms with Crippen LogP contribution in [-0.4, -0.2) is 24.5 Å². The molecule has 28 heavy (non-hydrogen) atoms. The highest BCUT2D eigenvalue weighted by Crippen LogP contribution is 2.37. The maximum Gasteiger partial charge on any atom is 0.188 e. The van der Waals surface area contributed by atoms with E-state index in [9.17, 15) is 4.79 Å². The fraction of sp³-hybridized carbons (Fsp3) is 0.261. The molecule has 5 heteroatoms. The summed E-state index contributed by atoms with van der Waals surface area (Å²) in [6.07, 6.45) is 3.82. The van der Waals surface area contributed by atoms with E-state index in [1.165, 1.54) is 0 Å². The molecular weight excluding hydrogens is 418 g/mol. The number of ether oxygens (including phenoxy) is 2. The van der Waals surface area contributed by atoms with E-state index in [0.717, 1.165) is 16.5 Å². The summed E-state index contributed by atoms with van der Waals surface area (Å²) in [5.41, 5.74) is 3.23. The van der Waals surface area contributed by atoms with Gasteiger partial charge in [-0.25, -0.2) is 0 Å². The van der Waals surface area contributed by atoms with Gasteiger partial charge in [0.05, 0.1) is 18.2 Å². The van der Waals surface area contributed by atoms with Crippen LogP contribution < -0.4 is 9.47 Å². The lowest BCUT2D eigenvalue weighted by molar-refractivity contribution is 0.103. The van der Waals surface area contributed by atoms with Crippen LogP contribution in [0.3, 0.4) is 0 Å². The van der Waals surface area contributed by atoms with E-state index in [2.05, 4.69) is 34.8 Å². The molecule has 3 aromatic rings. The third-order valence-electron chi connectivity index (χ3n) is 4.40. The van der Waals surface area contributed by atoms with E-state index in [-0.39, 0.29) is 5.78 Å². The number of halogens is 1. The Morgan fingerprint density at radius 3 is 2.71 bits per heavy atom. The van der Waals surface area contributed by atoms with Crippen LogP contribution in [0.5, 0.6) is 11.5 Å². The lowest BCUT2D eigenvalue weighted by Gasteiger charge is -2.15. The predicted molar refractivity (Wildman–Crippen MR) is 117 cm³/mol. The minimum absolute atomic E-state index is 0.0558. The largest absolute Gasteiger partial charge is 0.493 e. The third-order valence-corrected chi connectivity index (χ3v) is 4.99. The van der Waals surface area contributed by atoms with Crippen molar-refractivity contribution in [2.45, 2.75) is 20.8 Å². The van der Waals surface area contributed by atoms with Crippen molar-refractivity contribution in [3.63, 3.8) is 0 Å². The second-order valence-corrected chi connectivity index (χ2v) is 7.99. The molecule has 0 aliphatic carbocycles. The summed E-state index contributed by atoms with van der Waals surface area (Å²) < 4.78 is 12.0. The van der Waals surface area contributed by atoms with Gasteiger partial charge in [0, 0.05) is 28.2 Å². The van der Waals surface area contributed by atoms with Crippen molar-refractivity contribution in [2.24, 2.45) is 5.92 Å². The normalized spacial score (nSPS) is 11.9. The Hall–Kier alpha value is -2.53. The smallest absolute Gasteiger partial charge is 0.188 e. The molecule has 0 fully saturated rings. The van der Waals surface area contributed by atoms with Gasteiger partial charge in [-0.1, -0.05) is 32.0 Å². The van der Waals surface area contributed by atoms with Crippen molar-refractivity contribution < 1.29 is 14.3 Å². The SMILES string of the molecule is COc1cc(C(=O)/C(C)=C/c2c[nH]c3ccccc23)cc(Br)c1OCC(C)C. The maximum absolute atomic E-state index is 13.0. The average molecular weight is 442 g/mol. The minimum atomic E-state index is -0.0558. The van der Waals surface area contributed by atoms with Gasteiger partial charge in [-0.2, -0.15) is 0 Å². The number of hydrogen-bond donors (Lipinski definition) is 1. The molecule has 0 amide bonds. The molecule has 0 unspecified atom stereocenters. The van der Waals surface area contributed by atoms with E-state index in [1.54, 1.807) is 19.2 Å². The zero-order valence-electron chi connectivity index (χ0n) is 16.5. The van der Waals surface area contributed by atoms with Crippen LogP contribution in [0.15, 0.2) is 52.6 Å². The Kier molecular flexibility index (Phi) is 6.25. The number of aromatic nitrogens is 1. The van der Waals surface area contributed by atoms with E-state index in [4.69, 9.17) is 9.47 Å². The van der Waals surface area contributed by atoms with Gasteiger partial charge in [-0.3, -0.25) is 4.79 Å². The Balaban J connectivity index is 1.92. The van der Waals surface area contributed by atoms with Crippen molar-refractivity contribution >= 4 is 38.7 Å². The first-order chi connectivity index (χ1) is 13.4. The lowest BCUT2D eigenvalue weighted by Crippen LogP contribution is -2.07. The Morgan fingerprint density at radius 1 is 1.25 bits per heavy atom. The van der Waals surface area contributed by atoms with Crippen LogP contribution in [0.2, 0.25) is 0 Å². The summed E-state index contributed by atoms with van der Waals surface area (Å²) in [5.74, 6) is 1.49. The summed E-state index contributed by atoms with van der Waals surface area (Å²) in [6, 6.07) is 11.5. The van der Waals surface area contributed by atoms with Gasteiger partial charge < -0.3 is 14.5 Å². The van der Waals surface area contributed by atoms with Gasteiger partial charge in [0.25, 0.3) is 0 Å². The maximum atomic E-state index is 13.0. The van der Waals surface area contributed by atoms with E-state index in [0.29, 0.717) is 39.6 Å². The molecule has 146 valence electrons. The van der Waals surface area contributed by atoms with Gasteiger partial charge in [0.2, 0.25) is 0 Å². The molecule has 0 aliphatic rings. The van der Waals surface area contributed by atoms with Crippen LogP contribution in [0, 0.1) is 5.92 Å². The number of allylic oxidation sites excluding steroid dienone is 1. The zero-order valence-corrected chi connectivity index (χ0v) is 18.1. The first-order valence-corrected chi connectivity index (χ1v) is 9.99. The van der Waals surface area contributed by atoms with Crippen molar-refractivity contribution in [1.82, 2.24) is 4.98 Å². The van der Waals surface area contributed by atoms with Gasteiger partial charge in [0.1, 0.15) is 0 Å². The molecular formula is C23H24BrNO3. The van der Waals surface area contributed by atoms with E-state index >= 15 is 0 Å². The highest BCUT2D eigenvalue weighted by molar-refractivity contribution is 9.10. The Morgan fingerprint density at radius 2 is 2.00 bits per heavy atom. The number of carbonyl (C=O) groups is 1. The minimum Gasteiger partial charge on any atom is -0.493 e. The van der Waals surface area contributed by atoms with Gasteiger partial charge >= 0.3 is 0 Å². The van der Waals surface area contributed by atoms with Gasteiger partial charge in [-0.15, -0.1) is 0 Å². The fourth-order valence-electron chi connectivity index (χ4n) is 2.98. The molecule has 0 bridgehead atoms. The number of aromatic amines is 1. The van der Waals surface area contributed by atoms with Crippen LogP contribution in [-0.2, 0) is 0 Å². The number of methoxy groups -OCH3 is 1. The first-order valence-electron chi connectivity index (χ1n) is 9.20. The standard InChI is InChI=1S/C23H24BrNO3/c1-14(2)13-28-23-19(24)10-16(11-21(23)27-4)22(26)15(3)9-17-12-25-20-8-6-5-7-18(17)20/h5-12,14,25H,13H2,1-4H3/b15-9+. The average Bonchev–Trinajstić information content (AvgIpc) is 3.08. The number of rotatable bonds is 7.